The lowest BCUT2D eigenvalue weighted by atomic mass is 10.0. The first-order valence-electron chi connectivity index (χ1n) is 43.6. The Labute approximate surface area is 632 Å². The first-order chi connectivity index (χ1) is 50.0. The van der Waals surface area contributed by atoms with E-state index in [9.17, 15) is 43.2 Å². The number of phosphoric acid groups is 2. The standard InChI is InChI=1S/C84H164O17P2/c1-6-9-12-15-18-21-24-26-28-30-32-34-36-40-44-49-54-59-64-69-83(88)101-80(74-95-82(87)68-63-58-53-48-43-39-35-33-31-29-27-25-22-19-16-13-10-7-2)76-99-103(92,93)97-72-78(85)71-96-102(90,91)98-75-79(73-94-81(86)67-62-57-52-47-23-20-17-14-11-8-3)100-84(89)70-65-60-55-50-45-41-37-38-42-46-51-56-61-66-77(4)5/h77-80,85H,6-76H2,1-5H3,(H,90,91)(H,92,93)/t78-,79+,80+/m0/s1. The van der Waals surface area contributed by atoms with Gasteiger partial charge in [0.2, 0.25) is 0 Å². The molecule has 5 atom stereocenters. The van der Waals surface area contributed by atoms with Crippen LogP contribution >= 0.6 is 15.6 Å². The first kappa shape index (κ1) is 101. The maximum atomic E-state index is 13.1. The number of hydrogen-bond donors (Lipinski definition) is 3. The third-order valence-electron chi connectivity index (χ3n) is 19.8. The number of carbonyl (C=O) groups is 4. The van der Waals surface area contributed by atoms with Gasteiger partial charge in [-0.1, -0.05) is 401 Å². The van der Waals surface area contributed by atoms with Crippen LogP contribution in [0.3, 0.4) is 0 Å². The summed E-state index contributed by atoms with van der Waals surface area (Å²) in [5.41, 5.74) is 0. The molecule has 3 N–H and O–H groups in total. The minimum absolute atomic E-state index is 0.108. The lowest BCUT2D eigenvalue weighted by molar-refractivity contribution is -0.161. The minimum Gasteiger partial charge on any atom is -0.462 e. The molecule has 17 nitrogen and oxygen atoms in total. The molecule has 0 aromatic carbocycles. The number of rotatable bonds is 84. The molecule has 0 amide bonds. The van der Waals surface area contributed by atoms with Crippen LogP contribution in [-0.4, -0.2) is 96.7 Å². The van der Waals surface area contributed by atoms with Gasteiger partial charge in [0, 0.05) is 25.7 Å². The van der Waals surface area contributed by atoms with Gasteiger partial charge in [-0.25, -0.2) is 9.13 Å². The van der Waals surface area contributed by atoms with Crippen molar-refractivity contribution in [1.82, 2.24) is 0 Å². The minimum atomic E-state index is -4.96. The molecule has 0 rings (SSSR count). The predicted octanol–water partition coefficient (Wildman–Crippen LogP) is 25.6. The summed E-state index contributed by atoms with van der Waals surface area (Å²) in [6, 6.07) is 0. The molecule has 2 unspecified atom stereocenters. The Morgan fingerprint density at radius 2 is 0.447 bits per heavy atom. The van der Waals surface area contributed by atoms with E-state index in [0.717, 1.165) is 95.8 Å². The Hall–Kier alpha value is -1.94. The molecule has 19 heteroatoms. The fourth-order valence-electron chi connectivity index (χ4n) is 13.1. The van der Waals surface area contributed by atoms with Gasteiger partial charge < -0.3 is 33.8 Å². The van der Waals surface area contributed by atoms with Gasteiger partial charge in [-0.15, -0.1) is 0 Å². The molecule has 612 valence electrons. The van der Waals surface area contributed by atoms with Crippen molar-refractivity contribution in [3.63, 3.8) is 0 Å². The normalized spacial score (nSPS) is 13.8. The molecule has 0 saturated heterocycles. The average molecular weight is 1510 g/mol. The Kier molecular flexibility index (Phi) is 75.4. The summed E-state index contributed by atoms with van der Waals surface area (Å²) >= 11 is 0. The maximum absolute atomic E-state index is 13.1. The maximum Gasteiger partial charge on any atom is 0.472 e. The molecule has 0 aromatic rings. The molecule has 0 spiro atoms. The van der Waals surface area contributed by atoms with Crippen LogP contribution in [0.15, 0.2) is 0 Å². The summed E-state index contributed by atoms with van der Waals surface area (Å²) in [6.07, 6.45) is 69.4. The molecule has 0 heterocycles. The van der Waals surface area contributed by atoms with E-state index in [1.165, 1.54) is 276 Å². The lowest BCUT2D eigenvalue weighted by Gasteiger charge is -2.21. The van der Waals surface area contributed by atoms with E-state index in [4.69, 9.17) is 37.0 Å². The molecular weight excluding hydrogens is 1340 g/mol. The predicted molar refractivity (Wildman–Crippen MR) is 423 cm³/mol. The summed E-state index contributed by atoms with van der Waals surface area (Å²) in [6.45, 7) is 7.36. The van der Waals surface area contributed by atoms with Gasteiger partial charge in [-0.2, -0.15) is 0 Å². The molecule has 0 aromatic heterocycles. The van der Waals surface area contributed by atoms with Crippen LogP contribution in [0, 0.1) is 5.92 Å². The summed E-state index contributed by atoms with van der Waals surface area (Å²) in [7, 11) is -9.92. The summed E-state index contributed by atoms with van der Waals surface area (Å²) < 4.78 is 68.8. The molecule has 0 saturated carbocycles. The molecule has 0 radical (unpaired) electrons. The molecular formula is C84H164O17P2. The number of esters is 4. The highest BCUT2D eigenvalue weighted by molar-refractivity contribution is 7.47. The zero-order chi connectivity index (χ0) is 75.5. The van der Waals surface area contributed by atoms with Crippen molar-refractivity contribution in [3.05, 3.63) is 0 Å². The van der Waals surface area contributed by atoms with Gasteiger partial charge in [0.05, 0.1) is 26.4 Å². The monoisotopic (exact) mass is 1510 g/mol. The highest BCUT2D eigenvalue weighted by atomic mass is 31.2. The number of aliphatic hydroxyl groups is 1. The average Bonchev–Trinajstić information content (AvgIpc) is 0.923. The number of aliphatic hydroxyl groups excluding tert-OH is 1. The largest absolute Gasteiger partial charge is 0.472 e. The third kappa shape index (κ3) is 78.0. The van der Waals surface area contributed by atoms with Gasteiger partial charge >= 0.3 is 39.5 Å². The van der Waals surface area contributed by atoms with Crippen LogP contribution in [0.1, 0.15) is 452 Å². The number of hydrogen-bond acceptors (Lipinski definition) is 15. The second kappa shape index (κ2) is 76.8. The van der Waals surface area contributed by atoms with Crippen molar-refractivity contribution >= 4 is 39.5 Å². The van der Waals surface area contributed by atoms with Crippen molar-refractivity contribution in [1.29, 1.82) is 0 Å². The highest BCUT2D eigenvalue weighted by Crippen LogP contribution is 2.45. The topological polar surface area (TPSA) is 237 Å². The van der Waals surface area contributed by atoms with Crippen LogP contribution in [0.2, 0.25) is 0 Å². The van der Waals surface area contributed by atoms with Gasteiger partial charge in [0.25, 0.3) is 0 Å². The van der Waals surface area contributed by atoms with E-state index in [0.29, 0.717) is 25.7 Å². The quantitative estimate of drug-likeness (QED) is 0.0222. The zero-order valence-electron chi connectivity index (χ0n) is 67.5. The van der Waals surface area contributed by atoms with Gasteiger partial charge in [-0.05, 0) is 31.6 Å². The Morgan fingerprint density at radius 1 is 0.262 bits per heavy atom. The number of carbonyl (C=O) groups excluding carboxylic acids is 4. The SMILES string of the molecule is CCCCCCCCCCCCCCCCCCCCCC(=O)O[C@H](COC(=O)CCCCCCCCCCCCCCCCCCCC)COP(=O)(O)OC[C@@H](O)COP(=O)(O)OC[C@@H](COC(=O)CCCCCCCCCCCC)OC(=O)CCCCCCCCCCCCCCCC(C)C. The first-order valence-corrected chi connectivity index (χ1v) is 46.6. The van der Waals surface area contributed by atoms with Crippen LogP contribution in [0.25, 0.3) is 0 Å². The van der Waals surface area contributed by atoms with Crippen LogP contribution in [-0.2, 0) is 65.4 Å². The Morgan fingerprint density at radius 3 is 0.660 bits per heavy atom. The smallest absolute Gasteiger partial charge is 0.462 e. The van der Waals surface area contributed by atoms with Gasteiger partial charge in [0.1, 0.15) is 19.3 Å². The molecule has 103 heavy (non-hydrogen) atoms. The lowest BCUT2D eigenvalue weighted by Crippen LogP contribution is -2.30. The van der Waals surface area contributed by atoms with E-state index in [1.54, 1.807) is 0 Å². The fourth-order valence-corrected chi connectivity index (χ4v) is 14.7. The van der Waals surface area contributed by atoms with Crippen LogP contribution in [0.4, 0.5) is 0 Å². The van der Waals surface area contributed by atoms with E-state index >= 15 is 0 Å². The van der Waals surface area contributed by atoms with Crippen molar-refractivity contribution in [2.45, 2.75) is 470 Å². The summed E-state index contributed by atoms with van der Waals surface area (Å²) in [5.74, 6) is -1.31. The fraction of sp³-hybridized carbons (Fsp3) is 0.952. The number of ether oxygens (including phenoxy) is 4. The molecule has 0 aliphatic carbocycles. The van der Waals surface area contributed by atoms with Crippen molar-refractivity contribution < 1.29 is 80.2 Å². The van der Waals surface area contributed by atoms with Crippen molar-refractivity contribution in [2.75, 3.05) is 39.6 Å². The van der Waals surface area contributed by atoms with E-state index < -0.39 is 97.5 Å². The number of unbranched alkanes of at least 4 members (excludes halogenated alkanes) is 56. The van der Waals surface area contributed by atoms with E-state index in [-0.39, 0.29) is 25.7 Å². The second-order valence-corrected chi connectivity index (χ2v) is 33.6. The van der Waals surface area contributed by atoms with E-state index in [2.05, 4.69) is 34.6 Å². The molecule has 0 aliphatic heterocycles. The Balaban J connectivity index is 5.23. The summed E-state index contributed by atoms with van der Waals surface area (Å²) in [4.78, 5) is 73.1. The van der Waals surface area contributed by atoms with E-state index in [1.807, 2.05) is 0 Å². The Bertz CT molecular complexity index is 1960. The number of phosphoric ester groups is 2. The van der Waals surface area contributed by atoms with Crippen molar-refractivity contribution in [2.24, 2.45) is 5.92 Å². The van der Waals surface area contributed by atoms with Crippen LogP contribution < -0.4 is 0 Å². The second-order valence-electron chi connectivity index (χ2n) is 30.7. The molecule has 0 fully saturated rings. The third-order valence-corrected chi connectivity index (χ3v) is 21.7. The van der Waals surface area contributed by atoms with Gasteiger partial charge in [-0.3, -0.25) is 37.3 Å². The molecule has 0 bridgehead atoms. The molecule has 0 aliphatic rings. The van der Waals surface area contributed by atoms with Crippen molar-refractivity contribution in [3.8, 4) is 0 Å². The zero-order valence-corrected chi connectivity index (χ0v) is 69.3. The highest BCUT2D eigenvalue weighted by Gasteiger charge is 2.30. The van der Waals surface area contributed by atoms with Gasteiger partial charge in [0.15, 0.2) is 12.2 Å². The van der Waals surface area contributed by atoms with Crippen LogP contribution in [0.5, 0.6) is 0 Å². The summed E-state index contributed by atoms with van der Waals surface area (Å²) in [5, 5.41) is 10.7.